The zero-order chi connectivity index (χ0) is 19.8. The summed E-state index contributed by atoms with van der Waals surface area (Å²) < 4.78 is 5.90. The summed E-state index contributed by atoms with van der Waals surface area (Å²) in [6.07, 6.45) is 0. The minimum Gasteiger partial charge on any atom is -0.461 e. The van der Waals surface area contributed by atoms with Crippen LogP contribution in [-0.2, 0) is 19.1 Å². The highest BCUT2D eigenvalue weighted by atomic mass is 79.9. The normalized spacial score (nSPS) is 21.0. The van der Waals surface area contributed by atoms with Crippen molar-refractivity contribution in [1.29, 1.82) is 0 Å². The van der Waals surface area contributed by atoms with Crippen molar-refractivity contribution in [2.75, 3.05) is 16.5 Å². The van der Waals surface area contributed by atoms with Crippen molar-refractivity contribution in [3.63, 3.8) is 0 Å². The molecule has 2 aromatic carbocycles. The second kappa shape index (κ2) is 7.20. The lowest BCUT2D eigenvalue weighted by molar-refractivity contribution is -0.136. The van der Waals surface area contributed by atoms with Gasteiger partial charge in [-0.2, -0.15) is 5.10 Å². The molecule has 8 heteroatoms. The lowest BCUT2D eigenvalue weighted by Gasteiger charge is -2.22. The summed E-state index contributed by atoms with van der Waals surface area (Å²) in [5.41, 5.74) is 1.02. The number of hydrogen-bond acceptors (Lipinski definition) is 6. The predicted molar refractivity (Wildman–Crippen MR) is 107 cm³/mol. The van der Waals surface area contributed by atoms with Gasteiger partial charge < -0.3 is 4.74 Å². The second-order valence-electron chi connectivity index (χ2n) is 6.30. The van der Waals surface area contributed by atoms with Crippen molar-refractivity contribution < 1.29 is 19.1 Å². The lowest BCUT2D eigenvalue weighted by atomic mass is 9.98. The van der Waals surface area contributed by atoms with Crippen LogP contribution in [0.5, 0.6) is 0 Å². The van der Waals surface area contributed by atoms with Crippen LogP contribution in [0.1, 0.15) is 6.92 Å². The molecule has 2 aliphatic heterocycles. The zero-order valence-electron chi connectivity index (χ0n) is 14.9. The monoisotopic (exact) mass is 441 g/mol. The molecule has 0 unspecified atom stereocenters. The van der Waals surface area contributed by atoms with Crippen LogP contribution in [0.2, 0.25) is 0 Å². The van der Waals surface area contributed by atoms with E-state index in [1.54, 1.807) is 55.5 Å². The van der Waals surface area contributed by atoms with E-state index in [2.05, 4.69) is 21.0 Å². The molecule has 0 N–H and O–H groups in total. The van der Waals surface area contributed by atoms with Crippen molar-refractivity contribution in [1.82, 2.24) is 0 Å². The van der Waals surface area contributed by atoms with Gasteiger partial charge in [0.05, 0.1) is 18.0 Å². The second-order valence-corrected chi connectivity index (χ2v) is 7.21. The third-order valence-corrected chi connectivity index (χ3v) is 5.17. The van der Waals surface area contributed by atoms with Gasteiger partial charge in [0, 0.05) is 4.47 Å². The molecule has 2 aromatic rings. The van der Waals surface area contributed by atoms with E-state index in [-0.39, 0.29) is 12.3 Å². The summed E-state index contributed by atoms with van der Waals surface area (Å²) >= 11 is 3.34. The number of carbonyl (C=O) groups excluding carboxylic acids is 3. The molecule has 0 spiro atoms. The molecule has 2 atom stereocenters. The molecular formula is C20H16BrN3O4. The maximum absolute atomic E-state index is 13.2. The summed E-state index contributed by atoms with van der Waals surface area (Å²) in [6.45, 7) is 1.83. The van der Waals surface area contributed by atoms with E-state index in [4.69, 9.17) is 4.74 Å². The van der Waals surface area contributed by atoms with E-state index >= 15 is 0 Å². The Morgan fingerprint density at radius 2 is 1.71 bits per heavy atom. The van der Waals surface area contributed by atoms with Gasteiger partial charge in [-0.25, -0.2) is 9.69 Å². The highest BCUT2D eigenvalue weighted by molar-refractivity contribution is 9.10. The van der Waals surface area contributed by atoms with Gasteiger partial charge >= 0.3 is 5.97 Å². The molecule has 4 rings (SSSR count). The van der Waals surface area contributed by atoms with Crippen LogP contribution in [0.25, 0.3) is 0 Å². The van der Waals surface area contributed by atoms with Gasteiger partial charge in [-0.1, -0.05) is 34.1 Å². The molecule has 0 bridgehead atoms. The maximum Gasteiger partial charge on any atom is 0.355 e. The highest BCUT2D eigenvalue weighted by Crippen LogP contribution is 2.38. The average Bonchev–Trinajstić information content (AvgIpc) is 3.21. The lowest BCUT2D eigenvalue weighted by Crippen LogP contribution is -2.39. The quantitative estimate of drug-likeness (QED) is 0.538. The number of benzene rings is 2. The molecule has 1 saturated heterocycles. The van der Waals surface area contributed by atoms with E-state index in [9.17, 15) is 14.4 Å². The number of nitrogens with zero attached hydrogens (tertiary/aromatic N) is 3. The number of hydrogen-bond donors (Lipinski definition) is 0. The number of fused-ring (bicyclic) bond motifs is 1. The van der Waals surface area contributed by atoms with E-state index in [1.165, 1.54) is 5.01 Å². The first-order valence-electron chi connectivity index (χ1n) is 8.76. The number of hydrazone groups is 1. The number of amides is 2. The van der Waals surface area contributed by atoms with E-state index < -0.39 is 29.7 Å². The van der Waals surface area contributed by atoms with Gasteiger partial charge in [-0.3, -0.25) is 14.6 Å². The fourth-order valence-corrected chi connectivity index (χ4v) is 3.69. The van der Waals surface area contributed by atoms with Crippen molar-refractivity contribution in [2.45, 2.75) is 13.0 Å². The van der Waals surface area contributed by atoms with Crippen LogP contribution in [0.3, 0.4) is 0 Å². The Morgan fingerprint density at radius 3 is 2.36 bits per heavy atom. The van der Waals surface area contributed by atoms with E-state index in [1.807, 2.05) is 6.07 Å². The smallest absolute Gasteiger partial charge is 0.355 e. The summed E-state index contributed by atoms with van der Waals surface area (Å²) in [5.74, 6) is -2.60. The molecule has 2 heterocycles. The van der Waals surface area contributed by atoms with Crippen LogP contribution < -0.4 is 9.91 Å². The van der Waals surface area contributed by atoms with Crippen molar-refractivity contribution in [3.05, 3.63) is 59.1 Å². The molecule has 1 fully saturated rings. The third kappa shape index (κ3) is 2.90. The van der Waals surface area contributed by atoms with Crippen LogP contribution in [0, 0.1) is 5.92 Å². The van der Waals surface area contributed by atoms with Gasteiger partial charge in [0.1, 0.15) is 12.0 Å². The van der Waals surface area contributed by atoms with Gasteiger partial charge in [0.2, 0.25) is 5.91 Å². The Kier molecular flexibility index (Phi) is 4.72. The van der Waals surface area contributed by atoms with Crippen molar-refractivity contribution in [2.24, 2.45) is 11.0 Å². The molecule has 0 radical (unpaired) electrons. The number of carbonyl (C=O) groups is 3. The van der Waals surface area contributed by atoms with E-state index in [0.717, 1.165) is 9.37 Å². The van der Waals surface area contributed by atoms with E-state index in [0.29, 0.717) is 11.4 Å². The Labute approximate surface area is 169 Å². The average molecular weight is 442 g/mol. The summed E-state index contributed by atoms with van der Waals surface area (Å²) in [5, 5.41) is 5.74. The Hall–Kier alpha value is -3.00. The van der Waals surface area contributed by atoms with Crippen molar-refractivity contribution >= 4 is 50.8 Å². The minimum absolute atomic E-state index is 0.0475. The van der Waals surface area contributed by atoms with Crippen molar-refractivity contribution in [3.8, 4) is 0 Å². The molecule has 0 aromatic heterocycles. The number of halogens is 1. The first-order valence-corrected chi connectivity index (χ1v) is 9.55. The topological polar surface area (TPSA) is 79.3 Å². The fraction of sp³-hybridized carbons (Fsp3) is 0.200. The summed E-state index contributed by atoms with van der Waals surface area (Å²) in [7, 11) is 0. The number of ether oxygens (including phenoxy) is 1. The third-order valence-electron chi connectivity index (χ3n) is 4.64. The van der Waals surface area contributed by atoms with Gasteiger partial charge in [0.25, 0.3) is 5.91 Å². The fourth-order valence-electron chi connectivity index (χ4n) is 3.43. The van der Waals surface area contributed by atoms with Crippen LogP contribution in [-0.4, -0.2) is 36.1 Å². The summed E-state index contributed by atoms with van der Waals surface area (Å²) in [6, 6.07) is 14.9. The Morgan fingerprint density at radius 1 is 1.04 bits per heavy atom. The Bertz CT molecular complexity index is 975. The molecule has 0 aliphatic carbocycles. The molecule has 28 heavy (non-hydrogen) atoms. The van der Waals surface area contributed by atoms with Gasteiger partial charge in [0.15, 0.2) is 5.71 Å². The van der Waals surface area contributed by atoms with Crippen LogP contribution >= 0.6 is 15.9 Å². The SMILES string of the molecule is CCOC(=O)C1=NN(c2ccccc2)[C@@H]2C(=O)N(c3ccc(Br)cc3)C(=O)[C@@H]12. The maximum atomic E-state index is 13.2. The summed E-state index contributed by atoms with van der Waals surface area (Å²) in [4.78, 5) is 39.9. The minimum atomic E-state index is -1.00. The first kappa shape index (κ1) is 18.4. The standard InChI is InChI=1S/C20H16BrN3O4/c1-2-28-20(27)16-15-17(24(22-16)14-6-4-3-5-7-14)19(26)23(18(15)25)13-10-8-12(21)9-11-13/h3-11,15,17H,2H2,1H3/t15-,17-/m0/s1. The number of para-hydroxylation sites is 1. The molecule has 142 valence electrons. The molecule has 7 nitrogen and oxygen atoms in total. The largest absolute Gasteiger partial charge is 0.461 e. The van der Waals surface area contributed by atoms with Gasteiger partial charge in [-0.15, -0.1) is 0 Å². The van der Waals surface area contributed by atoms with Gasteiger partial charge in [-0.05, 0) is 43.3 Å². The number of anilines is 2. The number of imide groups is 1. The zero-order valence-corrected chi connectivity index (χ0v) is 16.5. The van der Waals surface area contributed by atoms with Crippen LogP contribution in [0.15, 0.2) is 64.2 Å². The highest BCUT2D eigenvalue weighted by Gasteiger charge is 2.59. The van der Waals surface area contributed by atoms with Crippen LogP contribution in [0.4, 0.5) is 11.4 Å². The first-order chi connectivity index (χ1) is 13.5. The number of rotatable bonds is 4. The molecule has 2 aliphatic rings. The molecular weight excluding hydrogens is 426 g/mol. The molecule has 0 saturated carbocycles. The Balaban J connectivity index is 1.78. The number of esters is 1. The predicted octanol–water partition coefficient (Wildman–Crippen LogP) is 2.75. The molecule has 2 amide bonds.